The van der Waals surface area contributed by atoms with E-state index in [-0.39, 0.29) is 12.5 Å². The van der Waals surface area contributed by atoms with Gasteiger partial charge in [-0.1, -0.05) is 26.2 Å². The van der Waals surface area contributed by atoms with E-state index >= 15 is 0 Å². The van der Waals surface area contributed by atoms with Crippen LogP contribution in [0.15, 0.2) is 0 Å². The molecular weight excluding hydrogens is 270 g/mol. The summed E-state index contributed by atoms with van der Waals surface area (Å²) in [5.74, 6) is -0.831. The maximum absolute atomic E-state index is 12.3. The molecule has 0 unspecified atom stereocenters. The molecule has 0 spiro atoms. The first kappa shape index (κ1) is 17.8. The maximum atomic E-state index is 12.3. The van der Waals surface area contributed by atoms with Crippen LogP contribution in [0.2, 0.25) is 0 Å². The van der Waals surface area contributed by atoms with Crippen molar-refractivity contribution in [1.82, 2.24) is 15.1 Å². The monoisotopic (exact) mass is 299 g/mol. The van der Waals surface area contributed by atoms with Crippen LogP contribution in [0.5, 0.6) is 0 Å². The first-order valence-corrected chi connectivity index (χ1v) is 7.83. The molecule has 0 radical (unpaired) electrons. The van der Waals surface area contributed by atoms with Crippen LogP contribution in [0.25, 0.3) is 0 Å². The number of urea groups is 1. The van der Waals surface area contributed by atoms with E-state index < -0.39 is 11.5 Å². The van der Waals surface area contributed by atoms with Crippen molar-refractivity contribution < 1.29 is 14.7 Å². The summed E-state index contributed by atoms with van der Waals surface area (Å²) >= 11 is 0. The number of carboxylic acid groups (broad SMARTS) is 1. The molecular formula is C15H29N3O3. The Labute approximate surface area is 127 Å². The van der Waals surface area contributed by atoms with Crippen molar-refractivity contribution in [1.29, 1.82) is 0 Å². The first-order valence-electron chi connectivity index (χ1n) is 7.83. The van der Waals surface area contributed by atoms with Crippen molar-refractivity contribution in [2.45, 2.75) is 51.0 Å². The summed E-state index contributed by atoms with van der Waals surface area (Å²) < 4.78 is 0. The van der Waals surface area contributed by atoms with Crippen molar-refractivity contribution in [3.63, 3.8) is 0 Å². The van der Waals surface area contributed by atoms with Crippen LogP contribution in [0, 0.1) is 0 Å². The van der Waals surface area contributed by atoms with Crippen LogP contribution in [-0.4, -0.2) is 66.2 Å². The molecule has 0 saturated heterocycles. The highest BCUT2D eigenvalue weighted by atomic mass is 16.4. The smallest absolute Gasteiger partial charge is 0.317 e. The van der Waals surface area contributed by atoms with Gasteiger partial charge in [0.2, 0.25) is 0 Å². The molecule has 0 aromatic carbocycles. The Morgan fingerprint density at radius 1 is 1.19 bits per heavy atom. The molecule has 2 N–H and O–H groups in total. The third-order valence-corrected chi connectivity index (χ3v) is 4.59. The van der Waals surface area contributed by atoms with E-state index in [2.05, 4.69) is 17.1 Å². The van der Waals surface area contributed by atoms with E-state index in [1.807, 2.05) is 7.05 Å². The van der Waals surface area contributed by atoms with E-state index in [1.54, 1.807) is 11.9 Å². The molecule has 122 valence electrons. The number of nitrogens with zero attached hydrogens (tertiary/aromatic N) is 2. The van der Waals surface area contributed by atoms with Gasteiger partial charge < -0.3 is 20.2 Å². The van der Waals surface area contributed by atoms with E-state index in [0.717, 1.165) is 45.2 Å². The number of nitrogens with one attached hydrogen (secondary N) is 1. The predicted molar refractivity (Wildman–Crippen MR) is 82.4 cm³/mol. The molecule has 0 bridgehead atoms. The molecule has 1 fully saturated rings. The number of likely N-dealkylation sites (N-methyl/N-ethyl adjacent to an activating group) is 1. The number of amides is 2. The van der Waals surface area contributed by atoms with Crippen LogP contribution >= 0.6 is 0 Å². The van der Waals surface area contributed by atoms with Crippen LogP contribution < -0.4 is 5.32 Å². The molecule has 0 aliphatic heterocycles. The van der Waals surface area contributed by atoms with Gasteiger partial charge >= 0.3 is 12.0 Å². The molecule has 2 amide bonds. The molecule has 0 aromatic heterocycles. The quantitative estimate of drug-likeness (QED) is 0.751. The lowest BCUT2D eigenvalue weighted by Crippen LogP contribution is -2.55. The summed E-state index contributed by atoms with van der Waals surface area (Å²) in [5.41, 5.74) is -0.523. The highest BCUT2D eigenvalue weighted by molar-refractivity contribution is 5.76. The Morgan fingerprint density at radius 3 is 2.33 bits per heavy atom. The molecule has 21 heavy (non-hydrogen) atoms. The van der Waals surface area contributed by atoms with Gasteiger partial charge in [-0.3, -0.25) is 4.79 Å². The number of hydrogen-bond donors (Lipinski definition) is 2. The van der Waals surface area contributed by atoms with Gasteiger partial charge in [-0.05, 0) is 26.4 Å². The Bertz CT molecular complexity index is 354. The standard InChI is InChI=1S/C15H29N3O3/c1-4-17(2)11-10-16-14(21)18(3)15(12-13(19)20)8-6-5-7-9-15/h4-12H2,1-3H3,(H,16,21)(H,19,20). The summed E-state index contributed by atoms with van der Waals surface area (Å²) in [5, 5.41) is 12.1. The molecule has 0 atom stereocenters. The fourth-order valence-corrected chi connectivity index (χ4v) is 2.97. The lowest BCUT2D eigenvalue weighted by Gasteiger charge is -2.43. The Morgan fingerprint density at radius 2 is 1.81 bits per heavy atom. The largest absolute Gasteiger partial charge is 0.481 e. The van der Waals surface area contributed by atoms with Gasteiger partial charge in [-0.15, -0.1) is 0 Å². The average Bonchev–Trinajstić information content (AvgIpc) is 2.46. The summed E-state index contributed by atoms with van der Waals surface area (Å²) in [7, 11) is 3.73. The zero-order valence-electron chi connectivity index (χ0n) is 13.5. The zero-order valence-corrected chi connectivity index (χ0v) is 13.5. The molecule has 1 aliphatic carbocycles. The van der Waals surface area contributed by atoms with Gasteiger partial charge in [-0.2, -0.15) is 0 Å². The minimum absolute atomic E-state index is 0.0335. The fourth-order valence-electron chi connectivity index (χ4n) is 2.97. The van der Waals surface area contributed by atoms with Crippen molar-refractivity contribution >= 4 is 12.0 Å². The molecule has 6 nitrogen and oxygen atoms in total. The Hall–Kier alpha value is -1.30. The van der Waals surface area contributed by atoms with Crippen molar-refractivity contribution in [2.75, 3.05) is 33.7 Å². The second-order valence-corrected chi connectivity index (χ2v) is 6.04. The van der Waals surface area contributed by atoms with Gasteiger partial charge in [-0.25, -0.2) is 4.79 Å². The number of rotatable bonds is 7. The average molecular weight is 299 g/mol. The van der Waals surface area contributed by atoms with Crippen molar-refractivity contribution in [3.05, 3.63) is 0 Å². The molecule has 0 aromatic rings. The molecule has 6 heteroatoms. The summed E-state index contributed by atoms with van der Waals surface area (Å²) in [6.07, 6.45) is 4.69. The van der Waals surface area contributed by atoms with Crippen LogP contribution in [0.1, 0.15) is 45.4 Å². The second kappa shape index (κ2) is 8.22. The summed E-state index contributed by atoms with van der Waals surface area (Å²) in [6, 6.07) is -0.164. The molecule has 1 rings (SSSR count). The highest BCUT2D eigenvalue weighted by Gasteiger charge is 2.40. The van der Waals surface area contributed by atoms with Crippen molar-refractivity contribution in [2.24, 2.45) is 0 Å². The number of carbonyl (C=O) groups excluding carboxylic acids is 1. The minimum Gasteiger partial charge on any atom is -0.481 e. The maximum Gasteiger partial charge on any atom is 0.317 e. The van der Waals surface area contributed by atoms with E-state index in [4.69, 9.17) is 0 Å². The fraction of sp³-hybridized carbons (Fsp3) is 0.867. The lowest BCUT2D eigenvalue weighted by molar-refractivity contribution is -0.140. The van der Waals surface area contributed by atoms with Gasteiger partial charge in [0.15, 0.2) is 0 Å². The SMILES string of the molecule is CCN(C)CCNC(=O)N(C)C1(CC(=O)O)CCCCC1. The van der Waals surface area contributed by atoms with Gasteiger partial charge in [0.1, 0.15) is 0 Å². The zero-order chi connectivity index (χ0) is 15.9. The van der Waals surface area contributed by atoms with Crippen LogP contribution in [0.4, 0.5) is 4.79 Å². The predicted octanol–water partition coefficient (Wildman–Crippen LogP) is 1.76. The summed E-state index contributed by atoms with van der Waals surface area (Å²) in [4.78, 5) is 27.2. The topological polar surface area (TPSA) is 72.9 Å². The third kappa shape index (κ3) is 5.19. The number of carboxylic acids is 1. The van der Waals surface area contributed by atoms with Gasteiger partial charge in [0.25, 0.3) is 0 Å². The van der Waals surface area contributed by atoms with Gasteiger partial charge in [0, 0.05) is 20.1 Å². The van der Waals surface area contributed by atoms with E-state index in [1.165, 1.54) is 0 Å². The number of aliphatic carboxylic acids is 1. The lowest BCUT2D eigenvalue weighted by atomic mass is 9.78. The third-order valence-electron chi connectivity index (χ3n) is 4.59. The summed E-state index contributed by atoms with van der Waals surface area (Å²) in [6.45, 7) is 4.38. The Kier molecular flexibility index (Phi) is 6.95. The Balaban J connectivity index is 2.60. The highest BCUT2D eigenvalue weighted by Crippen LogP contribution is 2.35. The van der Waals surface area contributed by atoms with Crippen LogP contribution in [-0.2, 0) is 4.79 Å². The second-order valence-electron chi connectivity index (χ2n) is 6.04. The minimum atomic E-state index is -0.831. The normalized spacial score (nSPS) is 17.5. The van der Waals surface area contributed by atoms with E-state index in [0.29, 0.717) is 6.54 Å². The van der Waals surface area contributed by atoms with Gasteiger partial charge in [0.05, 0.1) is 12.0 Å². The molecule has 1 aliphatic rings. The van der Waals surface area contributed by atoms with E-state index in [9.17, 15) is 14.7 Å². The molecule has 1 saturated carbocycles. The number of carbonyl (C=O) groups is 2. The van der Waals surface area contributed by atoms with Crippen molar-refractivity contribution in [3.8, 4) is 0 Å². The first-order chi connectivity index (χ1) is 9.91. The van der Waals surface area contributed by atoms with Crippen LogP contribution in [0.3, 0.4) is 0 Å². The molecule has 0 heterocycles. The number of hydrogen-bond acceptors (Lipinski definition) is 3.